The summed E-state index contributed by atoms with van der Waals surface area (Å²) < 4.78 is 16.3. The normalized spacial score (nSPS) is 48.5. The standard InChI is InChI=1S/C16H24O10/c1-5-8(18)2-6-7(14(22)23)4-24-15(10(5)6)26-16-13(21)12(20)11(19)9(3-17)25-16/h4-6,8-13,15-21H,2-3H2,1H3,(H,22,23)/t5-,6+,8-,9+,10+,11+,12-,13?,15-,16-/m0/s1. The van der Waals surface area contributed by atoms with Crippen LogP contribution < -0.4 is 0 Å². The smallest absolute Gasteiger partial charge is 0.334 e. The highest BCUT2D eigenvalue weighted by atomic mass is 16.8. The Morgan fingerprint density at radius 1 is 1.19 bits per heavy atom. The molecular formula is C16H24O10. The van der Waals surface area contributed by atoms with Gasteiger partial charge in [-0.1, -0.05) is 6.92 Å². The van der Waals surface area contributed by atoms with Gasteiger partial charge in [-0.25, -0.2) is 4.79 Å². The first-order valence-corrected chi connectivity index (χ1v) is 8.49. The van der Waals surface area contributed by atoms with E-state index in [2.05, 4.69) is 0 Å². The molecule has 2 aliphatic heterocycles. The second kappa shape index (κ2) is 7.39. The maximum atomic E-state index is 11.4. The van der Waals surface area contributed by atoms with Gasteiger partial charge in [0.25, 0.3) is 0 Å². The summed E-state index contributed by atoms with van der Waals surface area (Å²) in [6.07, 6.45) is -7.71. The fraction of sp³-hybridized carbons (Fsp3) is 0.812. The van der Waals surface area contributed by atoms with Gasteiger partial charge in [0.1, 0.15) is 24.4 Å². The predicted octanol–water partition coefficient (Wildman–Crippen LogP) is -2.24. The van der Waals surface area contributed by atoms with Crippen molar-refractivity contribution in [1.29, 1.82) is 0 Å². The van der Waals surface area contributed by atoms with E-state index in [1.165, 1.54) is 0 Å². The largest absolute Gasteiger partial charge is 0.478 e. The molecule has 0 radical (unpaired) electrons. The van der Waals surface area contributed by atoms with Crippen LogP contribution in [0.15, 0.2) is 11.8 Å². The molecule has 1 saturated heterocycles. The summed E-state index contributed by atoms with van der Waals surface area (Å²) in [7, 11) is 0. The third kappa shape index (κ3) is 3.22. The van der Waals surface area contributed by atoms with Crippen LogP contribution in [0.2, 0.25) is 0 Å². The topological polar surface area (TPSA) is 166 Å². The molecule has 2 heterocycles. The molecule has 26 heavy (non-hydrogen) atoms. The van der Waals surface area contributed by atoms with Crippen LogP contribution >= 0.6 is 0 Å². The van der Waals surface area contributed by atoms with Crippen molar-refractivity contribution < 1.29 is 49.6 Å². The van der Waals surface area contributed by atoms with E-state index in [9.17, 15) is 35.4 Å². The van der Waals surface area contributed by atoms with Gasteiger partial charge >= 0.3 is 5.97 Å². The number of fused-ring (bicyclic) bond motifs is 1. The lowest BCUT2D eigenvalue weighted by Gasteiger charge is -2.43. The lowest BCUT2D eigenvalue weighted by molar-refractivity contribution is -0.342. The second-order valence-corrected chi connectivity index (χ2v) is 7.06. The molecular weight excluding hydrogens is 352 g/mol. The van der Waals surface area contributed by atoms with E-state index in [-0.39, 0.29) is 17.9 Å². The summed E-state index contributed by atoms with van der Waals surface area (Å²) in [5.41, 5.74) is 0.0343. The predicted molar refractivity (Wildman–Crippen MR) is 82.2 cm³/mol. The Bertz CT molecular complexity index is 563. The molecule has 1 saturated carbocycles. The van der Waals surface area contributed by atoms with E-state index in [0.717, 1.165) is 6.26 Å². The van der Waals surface area contributed by atoms with Gasteiger partial charge in [-0.05, 0) is 12.3 Å². The maximum absolute atomic E-state index is 11.4. The number of aliphatic carboxylic acids is 1. The van der Waals surface area contributed by atoms with E-state index < -0.39 is 67.5 Å². The Kier molecular flexibility index (Phi) is 5.54. The summed E-state index contributed by atoms with van der Waals surface area (Å²) in [5, 5.41) is 58.5. The van der Waals surface area contributed by atoms with Crippen LogP contribution in [0.25, 0.3) is 0 Å². The number of ether oxygens (including phenoxy) is 3. The molecule has 0 bridgehead atoms. The molecule has 0 spiro atoms. The molecule has 10 heteroatoms. The molecule has 10 atom stereocenters. The van der Waals surface area contributed by atoms with Crippen molar-refractivity contribution in [2.24, 2.45) is 17.8 Å². The molecule has 0 aromatic rings. The van der Waals surface area contributed by atoms with Crippen LogP contribution in [0, 0.1) is 17.8 Å². The number of aliphatic hydroxyl groups is 5. The lowest BCUT2D eigenvalue weighted by Crippen LogP contribution is -2.60. The number of hydrogen-bond donors (Lipinski definition) is 6. The van der Waals surface area contributed by atoms with Crippen LogP contribution in [0.1, 0.15) is 13.3 Å². The molecule has 3 aliphatic rings. The van der Waals surface area contributed by atoms with Gasteiger partial charge in [0.15, 0.2) is 6.29 Å². The number of hydrogen-bond acceptors (Lipinski definition) is 9. The minimum atomic E-state index is -1.60. The molecule has 0 aromatic heterocycles. The fourth-order valence-corrected chi connectivity index (χ4v) is 3.99. The summed E-state index contributed by atoms with van der Waals surface area (Å²) in [6.45, 7) is 1.15. The zero-order chi connectivity index (χ0) is 19.2. The van der Waals surface area contributed by atoms with Crippen molar-refractivity contribution in [2.45, 2.75) is 56.4 Å². The fourth-order valence-electron chi connectivity index (χ4n) is 3.99. The lowest BCUT2D eigenvalue weighted by atomic mass is 9.83. The SMILES string of the molecule is C[C@@H]1[C@H]2[C@H](O[C@@H]3O[C@H](CO)[C@@H](O)[C@H](O)C3O)OC=C(C(=O)O)[C@H]2C[C@@H]1O. The molecule has 0 aromatic carbocycles. The summed E-state index contributed by atoms with van der Waals surface area (Å²) >= 11 is 0. The first kappa shape index (κ1) is 19.5. The molecule has 0 amide bonds. The molecule has 1 unspecified atom stereocenters. The zero-order valence-corrected chi connectivity index (χ0v) is 14.1. The van der Waals surface area contributed by atoms with E-state index in [1.54, 1.807) is 6.92 Å². The monoisotopic (exact) mass is 376 g/mol. The van der Waals surface area contributed by atoms with Gasteiger partial charge in [0.2, 0.25) is 6.29 Å². The Morgan fingerprint density at radius 2 is 1.88 bits per heavy atom. The van der Waals surface area contributed by atoms with Crippen LogP contribution in [-0.2, 0) is 19.0 Å². The van der Waals surface area contributed by atoms with E-state index in [4.69, 9.17) is 14.2 Å². The van der Waals surface area contributed by atoms with Crippen molar-refractivity contribution in [3.8, 4) is 0 Å². The highest BCUT2D eigenvalue weighted by molar-refractivity contribution is 5.87. The highest BCUT2D eigenvalue weighted by Crippen LogP contribution is 2.47. The van der Waals surface area contributed by atoms with Crippen molar-refractivity contribution in [3.63, 3.8) is 0 Å². The van der Waals surface area contributed by atoms with Gasteiger partial charge in [0.05, 0.1) is 24.5 Å². The number of carbonyl (C=O) groups is 1. The van der Waals surface area contributed by atoms with E-state index in [0.29, 0.717) is 0 Å². The van der Waals surface area contributed by atoms with Gasteiger partial charge in [-0.3, -0.25) is 0 Å². The minimum absolute atomic E-state index is 0.0343. The molecule has 2 fully saturated rings. The minimum Gasteiger partial charge on any atom is -0.478 e. The Balaban J connectivity index is 1.79. The Morgan fingerprint density at radius 3 is 2.50 bits per heavy atom. The molecule has 148 valence electrons. The van der Waals surface area contributed by atoms with Gasteiger partial charge in [-0.15, -0.1) is 0 Å². The number of rotatable bonds is 4. The van der Waals surface area contributed by atoms with E-state index >= 15 is 0 Å². The first-order chi connectivity index (χ1) is 12.3. The van der Waals surface area contributed by atoms with Crippen LogP contribution in [0.4, 0.5) is 0 Å². The second-order valence-electron chi connectivity index (χ2n) is 7.06. The quantitative estimate of drug-likeness (QED) is 0.316. The summed E-state index contributed by atoms with van der Waals surface area (Å²) in [5.74, 6) is -2.49. The first-order valence-electron chi connectivity index (χ1n) is 8.49. The third-order valence-electron chi connectivity index (χ3n) is 5.58. The number of carboxylic acids is 1. The van der Waals surface area contributed by atoms with Gasteiger partial charge in [0, 0.05) is 11.8 Å². The van der Waals surface area contributed by atoms with Crippen LogP contribution in [0.5, 0.6) is 0 Å². The Hall–Kier alpha value is -1.27. The van der Waals surface area contributed by atoms with Gasteiger partial charge < -0.3 is 44.8 Å². The molecule has 1 aliphatic carbocycles. The number of aliphatic hydroxyl groups excluding tert-OH is 5. The zero-order valence-electron chi connectivity index (χ0n) is 14.1. The molecule has 10 nitrogen and oxygen atoms in total. The van der Waals surface area contributed by atoms with Crippen molar-refractivity contribution in [1.82, 2.24) is 0 Å². The summed E-state index contributed by atoms with van der Waals surface area (Å²) in [4.78, 5) is 11.4. The van der Waals surface area contributed by atoms with Gasteiger partial charge in [-0.2, -0.15) is 0 Å². The summed E-state index contributed by atoms with van der Waals surface area (Å²) in [6, 6.07) is 0. The number of carboxylic acid groups (broad SMARTS) is 1. The average Bonchev–Trinajstić information content (AvgIpc) is 2.90. The maximum Gasteiger partial charge on any atom is 0.334 e. The van der Waals surface area contributed by atoms with Crippen molar-refractivity contribution in [2.75, 3.05) is 6.61 Å². The molecule has 6 N–H and O–H groups in total. The average molecular weight is 376 g/mol. The highest BCUT2D eigenvalue weighted by Gasteiger charge is 2.53. The van der Waals surface area contributed by atoms with Crippen LogP contribution in [-0.4, -0.2) is 86.3 Å². The van der Waals surface area contributed by atoms with Crippen molar-refractivity contribution in [3.05, 3.63) is 11.8 Å². The van der Waals surface area contributed by atoms with E-state index in [1.807, 2.05) is 0 Å². The van der Waals surface area contributed by atoms with Crippen LogP contribution in [0.3, 0.4) is 0 Å². The van der Waals surface area contributed by atoms with Crippen molar-refractivity contribution >= 4 is 5.97 Å². The molecule has 3 rings (SSSR count). The Labute approximate surface area is 149 Å². The third-order valence-corrected chi connectivity index (χ3v) is 5.58.